The highest BCUT2D eigenvalue weighted by molar-refractivity contribution is 5.73. The summed E-state index contributed by atoms with van der Waals surface area (Å²) in [5.74, 6) is -1.61. The lowest BCUT2D eigenvalue weighted by atomic mass is 9.85. The van der Waals surface area contributed by atoms with Gasteiger partial charge in [-0.1, -0.05) is 57.2 Å². The van der Waals surface area contributed by atoms with Crippen molar-refractivity contribution in [2.24, 2.45) is 11.8 Å². The summed E-state index contributed by atoms with van der Waals surface area (Å²) in [5.41, 5.74) is 0.921. The van der Waals surface area contributed by atoms with Gasteiger partial charge in [-0.25, -0.2) is 0 Å². The molecular weight excluding hydrogens is 428 g/mol. The molecule has 176 valence electrons. The Kier molecular flexibility index (Phi) is 7.15. The van der Waals surface area contributed by atoms with Gasteiger partial charge in [0.15, 0.2) is 0 Å². The molecule has 3 rings (SSSR count). The van der Waals surface area contributed by atoms with Crippen molar-refractivity contribution in [1.29, 1.82) is 0 Å². The fourth-order valence-corrected chi connectivity index (χ4v) is 4.67. The van der Waals surface area contributed by atoms with E-state index in [0.29, 0.717) is 12.0 Å². The average molecular weight is 458 g/mol. The number of piperidine rings is 1. The lowest BCUT2D eigenvalue weighted by Gasteiger charge is -2.37. The van der Waals surface area contributed by atoms with Crippen LogP contribution in [-0.4, -0.2) is 19.3 Å². The Morgan fingerprint density at radius 1 is 0.875 bits per heavy atom. The predicted molar refractivity (Wildman–Crippen MR) is 116 cm³/mol. The Balaban J connectivity index is 2.13. The molecule has 0 bridgehead atoms. The maximum atomic E-state index is 14.4. The van der Waals surface area contributed by atoms with E-state index < -0.39 is 23.8 Å². The molecule has 0 amide bonds. The van der Waals surface area contributed by atoms with Crippen LogP contribution < -0.4 is 4.90 Å². The van der Waals surface area contributed by atoms with Crippen LogP contribution in [0.4, 0.5) is 32.0 Å². The molecule has 32 heavy (non-hydrogen) atoms. The number of rotatable bonds is 5. The number of halogens is 6. The van der Waals surface area contributed by atoms with Gasteiger partial charge in [0.25, 0.3) is 0 Å². The van der Waals surface area contributed by atoms with E-state index in [1.54, 1.807) is 13.0 Å². The second-order valence-corrected chi connectivity index (χ2v) is 9.16. The van der Waals surface area contributed by atoms with Gasteiger partial charge in [0.2, 0.25) is 0 Å². The van der Waals surface area contributed by atoms with Crippen LogP contribution in [0.15, 0.2) is 42.5 Å². The minimum absolute atomic E-state index is 0.00918. The third-order valence-corrected chi connectivity index (χ3v) is 6.19. The van der Waals surface area contributed by atoms with Gasteiger partial charge in [-0.05, 0) is 53.9 Å². The van der Waals surface area contributed by atoms with Crippen molar-refractivity contribution in [3.05, 3.63) is 53.6 Å². The topological polar surface area (TPSA) is 3.24 Å². The summed E-state index contributed by atoms with van der Waals surface area (Å²) in [7, 11) is 0. The number of hydrogen-bond acceptors (Lipinski definition) is 1. The summed E-state index contributed by atoms with van der Waals surface area (Å²) >= 11 is 0. The minimum atomic E-state index is -4.61. The number of anilines is 1. The molecule has 1 fully saturated rings. The van der Waals surface area contributed by atoms with Crippen molar-refractivity contribution >= 4 is 5.69 Å². The van der Waals surface area contributed by atoms with E-state index in [0.717, 1.165) is 5.56 Å². The molecule has 1 saturated heterocycles. The van der Waals surface area contributed by atoms with Crippen LogP contribution in [0.3, 0.4) is 0 Å². The van der Waals surface area contributed by atoms with Gasteiger partial charge < -0.3 is 4.90 Å². The SMILES string of the molecule is CC(C)CC(C)c1cc(-c2ccccc2)cc(N2CCC(C(F)(F)F)CC2)c1C(F)(F)F. The largest absolute Gasteiger partial charge is 0.418 e. The Labute approximate surface area is 185 Å². The van der Waals surface area contributed by atoms with E-state index in [1.807, 2.05) is 44.2 Å². The first-order valence-electron chi connectivity index (χ1n) is 11.0. The Bertz CT molecular complexity index is 893. The lowest BCUT2D eigenvalue weighted by Crippen LogP contribution is -2.40. The second kappa shape index (κ2) is 9.36. The molecule has 1 unspecified atom stereocenters. The molecule has 0 aromatic heterocycles. The molecule has 2 aromatic carbocycles. The lowest BCUT2D eigenvalue weighted by molar-refractivity contribution is -0.179. The summed E-state index contributed by atoms with van der Waals surface area (Å²) in [6, 6.07) is 12.2. The van der Waals surface area contributed by atoms with Crippen LogP contribution in [-0.2, 0) is 6.18 Å². The number of alkyl halides is 6. The highest BCUT2D eigenvalue weighted by Crippen LogP contribution is 2.46. The highest BCUT2D eigenvalue weighted by Gasteiger charge is 2.43. The van der Waals surface area contributed by atoms with Gasteiger partial charge in [-0.2, -0.15) is 26.3 Å². The smallest absolute Gasteiger partial charge is 0.371 e. The number of nitrogens with zero attached hydrogens (tertiary/aromatic N) is 1. The van der Waals surface area contributed by atoms with E-state index in [1.165, 1.54) is 11.0 Å². The first kappa shape index (κ1) is 24.5. The Morgan fingerprint density at radius 3 is 1.97 bits per heavy atom. The van der Waals surface area contributed by atoms with E-state index in [2.05, 4.69) is 0 Å². The number of hydrogen-bond donors (Lipinski definition) is 0. The average Bonchev–Trinajstić information content (AvgIpc) is 2.71. The van der Waals surface area contributed by atoms with Crippen LogP contribution in [0.1, 0.15) is 57.1 Å². The molecule has 1 aliphatic rings. The van der Waals surface area contributed by atoms with Crippen LogP contribution in [0.25, 0.3) is 11.1 Å². The minimum Gasteiger partial charge on any atom is -0.371 e. The van der Waals surface area contributed by atoms with Gasteiger partial charge in [0.1, 0.15) is 0 Å². The van der Waals surface area contributed by atoms with Crippen molar-refractivity contribution in [2.75, 3.05) is 18.0 Å². The molecule has 1 nitrogen and oxygen atoms in total. The molecular formula is C25H29F6N. The third-order valence-electron chi connectivity index (χ3n) is 6.19. The highest BCUT2D eigenvalue weighted by atomic mass is 19.4. The molecule has 0 aliphatic carbocycles. The Morgan fingerprint density at radius 2 is 1.47 bits per heavy atom. The van der Waals surface area contributed by atoms with E-state index in [9.17, 15) is 26.3 Å². The van der Waals surface area contributed by atoms with Crippen molar-refractivity contribution < 1.29 is 26.3 Å². The fraction of sp³-hybridized carbons (Fsp3) is 0.520. The Hall–Kier alpha value is -2.18. The van der Waals surface area contributed by atoms with Crippen molar-refractivity contribution in [3.8, 4) is 11.1 Å². The summed E-state index contributed by atoms with van der Waals surface area (Å²) in [6.07, 6.45) is -8.74. The maximum Gasteiger partial charge on any atom is 0.418 e. The molecule has 7 heteroatoms. The van der Waals surface area contributed by atoms with Gasteiger partial charge in [-0.15, -0.1) is 0 Å². The fourth-order valence-electron chi connectivity index (χ4n) is 4.67. The van der Waals surface area contributed by atoms with Gasteiger partial charge in [0, 0.05) is 18.8 Å². The van der Waals surface area contributed by atoms with E-state index in [-0.39, 0.29) is 49.0 Å². The van der Waals surface area contributed by atoms with Gasteiger partial charge in [-0.3, -0.25) is 0 Å². The van der Waals surface area contributed by atoms with Crippen molar-refractivity contribution in [1.82, 2.24) is 0 Å². The van der Waals surface area contributed by atoms with Gasteiger partial charge in [0.05, 0.1) is 11.5 Å². The van der Waals surface area contributed by atoms with Crippen molar-refractivity contribution in [3.63, 3.8) is 0 Å². The standard InChI is InChI=1S/C25H29F6N/c1-16(2)13-17(3)21-14-19(18-7-5-4-6-8-18)15-22(23(21)25(29,30)31)32-11-9-20(10-12-32)24(26,27)28/h4-8,14-17,20H,9-13H2,1-3H3. The molecule has 2 aromatic rings. The van der Waals surface area contributed by atoms with Crippen molar-refractivity contribution in [2.45, 2.75) is 58.3 Å². The summed E-state index contributed by atoms with van der Waals surface area (Å²) in [6.45, 7) is 5.62. The second-order valence-electron chi connectivity index (χ2n) is 9.16. The van der Waals surface area contributed by atoms with Gasteiger partial charge >= 0.3 is 12.4 Å². The van der Waals surface area contributed by atoms with Crippen LogP contribution >= 0.6 is 0 Å². The summed E-state index contributed by atoms with van der Waals surface area (Å²) < 4.78 is 82.4. The normalized spacial score (nSPS) is 17.1. The quantitative estimate of drug-likeness (QED) is 0.408. The zero-order valence-corrected chi connectivity index (χ0v) is 18.5. The van der Waals surface area contributed by atoms with Crippen LogP contribution in [0, 0.1) is 11.8 Å². The zero-order chi connectivity index (χ0) is 23.7. The molecule has 1 atom stereocenters. The summed E-state index contributed by atoms with van der Waals surface area (Å²) in [4.78, 5) is 1.49. The first-order chi connectivity index (χ1) is 14.9. The molecule has 0 spiro atoms. The van der Waals surface area contributed by atoms with E-state index >= 15 is 0 Å². The first-order valence-corrected chi connectivity index (χ1v) is 11.0. The predicted octanol–water partition coefficient (Wildman–Crippen LogP) is 8.30. The molecule has 1 aliphatic heterocycles. The van der Waals surface area contributed by atoms with Crippen LogP contribution in [0.2, 0.25) is 0 Å². The molecule has 0 saturated carbocycles. The summed E-state index contributed by atoms with van der Waals surface area (Å²) in [5, 5.41) is 0. The molecule has 0 N–H and O–H groups in total. The maximum absolute atomic E-state index is 14.4. The monoisotopic (exact) mass is 457 g/mol. The third kappa shape index (κ3) is 5.59. The zero-order valence-electron chi connectivity index (χ0n) is 18.5. The number of benzene rings is 2. The molecule has 1 heterocycles. The van der Waals surface area contributed by atoms with Crippen LogP contribution in [0.5, 0.6) is 0 Å². The van der Waals surface area contributed by atoms with E-state index in [4.69, 9.17) is 0 Å². The molecule has 0 radical (unpaired) electrons.